The Balaban J connectivity index is 1.86. The van der Waals surface area contributed by atoms with Gasteiger partial charge >= 0.3 is 5.97 Å². The minimum atomic E-state index is -0.326. The second-order valence-electron chi connectivity index (χ2n) is 5.58. The van der Waals surface area contributed by atoms with Gasteiger partial charge in [-0.25, -0.2) is 4.79 Å². The van der Waals surface area contributed by atoms with Crippen molar-refractivity contribution in [2.75, 3.05) is 13.2 Å². The maximum atomic E-state index is 11.8. The molecule has 0 radical (unpaired) electrons. The summed E-state index contributed by atoms with van der Waals surface area (Å²) in [5.41, 5.74) is 3.61. The Morgan fingerprint density at radius 3 is 2.46 bits per heavy atom. The predicted molar refractivity (Wildman–Crippen MR) is 95.5 cm³/mol. The van der Waals surface area contributed by atoms with E-state index in [0.717, 1.165) is 40.8 Å². The number of ether oxygens (including phenoxy) is 2. The first-order valence-corrected chi connectivity index (χ1v) is 8.24. The Morgan fingerprint density at radius 1 is 1.00 bits per heavy atom. The molecule has 0 amide bonds. The van der Waals surface area contributed by atoms with E-state index in [0.29, 0.717) is 12.3 Å². The molecule has 1 heterocycles. The lowest BCUT2D eigenvalue weighted by Gasteiger charge is -2.06. The molecule has 2 aromatic carbocycles. The quantitative estimate of drug-likeness (QED) is 0.663. The second kappa shape index (κ2) is 7.21. The third kappa shape index (κ3) is 3.43. The van der Waals surface area contributed by atoms with E-state index < -0.39 is 0 Å². The van der Waals surface area contributed by atoms with Crippen LogP contribution in [0.4, 0.5) is 0 Å². The van der Waals surface area contributed by atoms with Gasteiger partial charge in [-0.15, -0.1) is 0 Å². The Kier molecular flexibility index (Phi) is 4.85. The van der Waals surface area contributed by atoms with Crippen molar-refractivity contribution in [3.8, 4) is 16.9 Å². The highest BCUT2D eigenvalue weighted by Crippen LogP contribution is 2.26. The maximum Gasteiger partial charge on any atom is 0.354 e. The van der Waals surface area contributed by atoms with E-state index in [1.807, 2.05) is 42.5 Å². The van der Waals surface area contributed by atoms with Crippen molar-refractivity contribution in [2.24, 2.45) is 0 Å². The second-order valence-corrected chi connectivity index (χ2v) is 5.58. The molecule has 3 aromatic rings. The molecule has 124 valence electrons. The predicted octanol–water partition coefficient (Wildman–Crippen LogP) is 4.80. The summed E-state index contributed by atoms with van der Waals surface area (Å²) in [6.07, 6.45) is 0.995. The molecule has 0 aliphatic carbocycles. The van der Waals surface area contributed by atoms with Gasteiger partial charge in [0, 0.05) is 10.9 Å². The van der Waals surface area contributed by atoms with Crippen LogP contribution in [0.1, 0.15) is 30.8 Å². The van der Waals surface area contributed by atoms with E-state index in [4.69, 9.17) is 9.47 Å². The van der Waals surface area contributed by atoms with Gasteiger partial charge in [-0.1, -0.05) is 25.1 Å². The fourth-order valence-corrected chi connectivity index (χ4v) is 2.59. The van der Waals surface area contributed by atoms with Crippen LogP contribution in [0, 0.1) is 0 Å². The van der Waals surface area contributed by atoms with E-state index >= 15 is 0 Å². The van der Waals surface area contributed by atoms with Gasteiger partial charge in [0.25, 0.3) is 0 Å². The normalized spacial score (nSPS) is 10.8. The fraction of sp³-hybridized carbons (Fsp3) is 0.250. The molecule has 0 fully saturated rings. The highest BCUT2D eigenvalue weighted by molar-refractivity contribution is 5.96. The van der Waals surface area contributed by atoms with Gasteiger partial charge in [-0.3, -0.25) is 0 Å². The Bertz CT molecular complexity index is 834. The number of esters is 1. The summed E-state index contributed by atoms with van der Waals surface area (Å²) in [6, 6.07) is 16.0. The number of hydrogen-bond acceptors (Lipinski definition) is 3. The summed E-state index contributed by atoms with van der Waals surface area (Å²) in [7, 11) is 0. The number of nitrogens with one attached hydrogen (secondary N) is 1. The molecule has 3 rings (SSSR count). The van der Waals surface area contributed by atoms with Crippen LogP contribution in [0.15, 0.2) is 48.5 Å². The largest absolute Gasteiger partial charge is 0.494 e. The van der Waals surface area contributed by atoms with Crippen LogP contribution in [0.2, 0.25) is 0 Å². The van der Waals surface area contributed by atoms with Crippen LogP contribution in [0.3, 0.4) is 0 Å². The first-order chi connectivity index (χ1) is 11.7. The highest BCUT2D eigenvalue weighted by atomic mass is 16.5. The smallest absolute Gasteiger partial charge is 0.354 e. The SMILES string of the molecule is CCCOc1ccc(-c2ccc3[nH]c(C(=O)OCC)cc3c2)cc1. The van der Waals surface area contributed by atoms with Crippen molar-refractivity contribution >= 4 is 16.9 Å². The van der Waals surface area contributed by atoms with Crippen LogP contribution >= 0.6 is 0 Å². The summed E-state index contributed by atoms with van der Waals surface area (Å²) in [4.78, 5) is 14.9. The van der Waals surface area contributed by atoms with E-state index in [1.54, 1.807) is 6.92 Å². The van der Waals surface area contributed by atoms with Gasteiger partial charge in [0.15, 0.2) is 0 Å². The van der Waals surface area contributed by atoms with Gasteiger partial charge in [-0.05, 0) is 54.8 Å². The molecular weight excluding hydrogens is 302 g/mol. The lowest BCUT2D eigenvalue weighted by atomic mass is 10.0. The number of fused-ring (bicyclic) bond motifs is 1. The molecule has 0 aliphatic heterocycles. The molecular formula is C20H21NO3. The van der Waals surface area contributed by atoms with Gasteiger partial charge in [0.1, 0.15) is 11.4 Å². The van der Waals surface area contributed by atoms with Crippen molar-refractivity contribution in [3.63, 3.8) is 0 Å². The van der Waals surface area contributed by atoms with Crippen molar-refractivity contribution in [2.45, 2.75) is 20.3 Å². The topological polar surface area (TPSA) is 51.3 Å². The summed E-state index contributed by atoms with van der Waals surface area (Å²) in [5.74, 6) is 0.556. The van der Waals surface area contributed by atoms with Crippen molar-refractivity contribution in [1.29, 1.82) is 0 Å². The molecule has 1 N–H and O–H groups in total. The third-order valence-electron chi connectivity index (χ3n) is 3.78. The van der Waals surface area contributed by atoms with Crippen molar-refractivity contribution in [3.05, 3.63) is 54.2 Å². The van der Waals surface area contributed by atoms with E-state index in [9.17, 15) is 4.79 Å². The molecule has 24 heavy (non-hydrogen) atoms. The average Bonchev–Trinajstić information content (AvgIpc) is 3.04. The molecule has 0 bridgehead atoms. The molecule has 0 unspecified atom stereocenters. The summed E-state index contributed by atoms with van der Waals surface area (Å²) in [5, 5.41) is 0.988. The molecule has 0 saturated carbocycles. The van der Waals surface area contributed by atoms with Crippen LogP contribution in [-0.2, 0) is 4.74 Å². The first kappa shape index (κ1) is 16.1. The molecule has 4 nitrogen and oxygen atoms in total. The first-order valence-electron chi connectivity index (χ1n) is 8.24. The number of aromatic nitrogens is 1. The fourth-order valence-electron chi connectivity index (χ4n) is 2.59. The number of hydrogen-bond donors (Lipinski definition) is 1. The van der Waals surface area contributed by atoms with Crippen LogP contribution in [0.25, 0.3) is 22.0 Å². The third-order valence-corrected chi connectivity index (χ3v) is 3.78. The van der Waals surface area contributed by atoms with Gasteiger partial charge in [-0.2, -0.15) is 0 Å². The van der Waals surface area contributed by atoms with Gasteiger partial charge < -0.3 is 14.5 Å². The summed E-state index contributed by atoms with van der Waals surface area (Å²) >= 11 is 0. The van der Waals surface area contributed by atoms with E-state index in [-0.39, 0.29) is 5.97 Å². The van der Waals surface area contributed by atoms with Crippen LogP contribution in [0.5, 0.6) is 5.75 Å². The number of carbonyl (C=O) groups is 1. The summed E-state index contributed by atoms with van der Waals surface area (Å²) in [6.45, 7) is 4.98. The monoisotopic (exact) mass is 323 g/mol. The molecule has 0 aliphatic rings. The molecule has 0 saturated heterocycles. The molecule has 0 spiro atoms. The van der Waals surface area contributed by atoms with Crippen LogP contribution < -0.4 is 4.74 Å². The number of aromatic amines is 1. The Morgan fingerprint density at radius 2 is 1.75 bits per heavy atom. The Hall–Kier alpha value is -2.75. The minimum Gasteiger partial charge on any atom is -0.494 e. The summed E-state index contributed by atoms with van der Waals surface area (Å²) < 4.78 is 10.6. The highest BCUT2D eigenvalue weighted by Gasteiger charge is 2.10. The zero-order chi connectivity index (χ0) is 16.9. The molecule has 0 atom stereocenters. The molecule has 1 aromatic heterocycles. The Labute approximate surface area is 141 Å². The lowest BCUT2D eigenvalue weighted by Crippen LogP contribution is -2.04. The number of benzene rings is 2. The van der Waals surface area contributed by atoms with E-state index in [2.05, 4.69) is 18.0 Å². The number of rotatable bonds is 6. The van der Waals surface area contributed by atoms with Gasteiger partial charge in [0.05, 0.1) is 13.2 Å². The average molecular weight is 323 g/mol. The standard InChI is InChI=1S/C20H21NO3/c1-3-11-24-17-8-5-14(6-9-17)15-7-10-18-16(12-15)13-19(21-18)20(22)23-4-2/h5-10,12-13,21H,3-4,11H2,1-2H3. The van der Waals surface area contributed by atoms with Gasteiger partial charge in [0.2, 0.25) is 0 Å². The minimum absolute atomic E-state index is 0.326. The maximum absolute atomic E-state index is 11.8. The lowest BCUT2D eigenvalue weighted by molar-refractivity contribution is 0.0520. The van der Waals surface area contributed by atoms with E-state index in [1.165, 1.54) is 0 Å². The molecule has 4 heteroatoms. The van der Waals surface area contributed by atoms with Crippen LogP contribution in [-0.4, -0.2) is 24.2 Å². The number of H-pyrrole nitrogens is 1. The van der Waals surface area contributed by atoms with Crippen molar-refractivity contribution < 1.29 is 14.3 Å². The van der Waals surface area contributed by atoms with Crippen molar-refractivity contribution in [1.82, 2.24) is 4.98 Å². The zero-order valence-electron chi connectivity index (χ0n) is 14.0. The zero-order valence-corrected chi connectivity index (χ0v) is 14.0. The number of carbonyl (C=O) groups excluding carboxylic acids is 1.